The summed E-state index contributed by atoms with van der Waals surface area (Å²) in [4.78, 5) is 2.40. The minimum absolute atomic E-state index is 0.0143. The molecule has 0 aromatic heterocycles. The molecule has 3 rings (SSSR count). The highest BCUT2D eigenvalue weighted by atomic mass is 19.1. The van der Waals surface area contributed by atoms with Gasteiger partial charge < -0.3 is 5.11 Å². The Morgan fingerprint density at radius 1 is 0.828 bits per heavy atom. The van der Waals surface area contributed by atoms with Crippen molar-refractivity contribution >= 4 is 0 Å². The summed E-state index contributed by atoms with van der Waals surface area (Å²) in [7, 11) is 0. The number of hydrogen-bond donors (Lipinski definition) is 1. The van der Waals surface area contributed by atoms with Crippen molar-refractivity contribution < 1.29 is 9.50 Å². The van der Waals surface area contributed by atoms with Gasteiger partial charge in [-0.1, -0.05) is 72.8 Å². The largest absolute Gasteiger partial charge is 0.390 e. The van der Waals surface area contributed by atoms with Gasteiger partial charge in [0.1, 0.15) is 5.82 Å². The number of aliphatic hydroxyl groups is 1. The first kappa shape index (κ1) is 21.2. The van der Waals surface area contributed by atoms with E-state index in [0.717, 1.165) is 25.1 Å². The molecule has 0 heterocycles. The topological polar surface area (TPSA) is 23.5 Å². The fourth-order valence-corrected chi connectivity index (χ4v) is 3.70. The van der Waals surface area contributed by atoms with Crippen molar-refractivity contribution in [2.45, 2.75) is 44.9 Å². The van der Waals surface area contributed by atoms with Crippen LogP contribution in [-0.4, -0.2) is 22.2 Å². The summed E-state index contributed by atoms with van der Waals surface area (Å²) in [5.74, 6) is -0.241. The molecule has 1 atom stereocenters. The lowest BCUT2D eigenvalue weighted by Gasteiger charge is -2.36. The molecule has 0 radical (unpaired) electrons. The molecule has 3 aromatic rings. The van der Waals surface area contributed by atoms with Crippen LogP contribution in [0.3, 0.4) is 0 Å². The van der Waals surface area contributed by atoms with Gasteiger partial charge in [0.25, 0.3) is 0 Å². The third kappa shape index (κ3) is 6.81. The van der Waals surface area contributed by atoms with Crippen molar-refractivity contribution in [1.82, 2.24) is 4.90 Å². The smallest absolute Gasteiger partial charge is 0.123 e. The van der Waals surface area contributed by atoms with Gasteiger partial charge in [0.2, 0.25) is 0 Å². The second kappa shape index (κ2) is 9.82. The molecule has 0 saturated carbocycles. The third-order valence-electron chi connectivity index (χ3n) is 5.15. The van der Waals surface area contributed by atoms with Crippen LogP contribution in [0.2, 0.25) is 0 Å². The Morgan fingerprint density at radius 3 is 1.93 bits per heavy atom. The summed E-state index contributed by atoms with van der Waals surface area (Å²) in [6.07, 6.45) is 1.48. The van der Waals surface area contributed by atoms with Gasteiger partial charge in [-0.15, -0.1) is 0 Å². The Kier molecular flexibility index (Phi) is 7.18. The van der Waals surface area contributed by atoms with Gasteiger partial charge in [-0.25, -0.2) is 4.39 Å². The molecule has 1 unspecified atom stereocenters. The molecule has 0 spiro atoms. The van der Waals surface area contributed by atoms with Crippen LogP contribution >= 0.6 is 0 Å². The number of rotatable bonds is 9. The number of nitrogens with zero attached hydrogens (tertiary/aromatic N) is 1. The standard InChI is InChI=1S/C26H30FNO/c1-26(2,29)19-25(23-13-15-24(27)16-14-23)28(20-22-11-7-4-8-12-22)18-17-21-9-5-3-6-10-21/h3-16,25,29H,17-20H2,1-2H3. The number of halogens is 1. The summed E-state index contributed by atoms with van der Waals surface area (Å²) in [6.45, 7) is 5.28. The zero-order chi connectivity index (χ0) is 20.7. The molecule has 3 aromatic carbocycles. The average Bonchev–Trinajstić information content (AvgIpc) is 2.71. The minimum atomic E-state index is -0.833. The van der Waals surface area contributed by atoms with Crippen LogP contribution in [-0.2, 0) is 13.0 Å². The lowest BCUT2D eigenvalue weighted by molar-refractivity contribution is 0.0303. The lowest BCUT2D eigenvalue weighted by Crippen LogP contribution is -2.35. The number of hydrogen-bond acceptors (Lipinski definition) is 2. The Morgan fingerprint density at radius 2 is 1.38 bits per heavy atom. The Bertz CT molecular complexity index is 857. The van der Waals surface area contributed by atoms with Crippen molar-refractivity contribution in [2.24, 2.45) is 0 Å². The van der Waals surface area contributed by atoms with E-state index in [1.54, 1.807) is 0 Å². The zero-order valence-corrected chi connectivity index (χ0v) is 17.3. The van der Waals surface area contributed by atoms with Crippen molar-refractivity contribution in [3.63, 3.8) is 0 Å². The highest BCUT2D eigenvalue weighted by Gasteiger charge is 2.27. The van der Waals surface area contributed by atoms with E-state index in [1.165, 1.54) is 23.3 Å². The second-order valence-corrected chi connectivity index (χ2v) is 8.28. The molecule has 0 saturated heterocycles. The van der Waals surface area contributed by atoms with Crippen LogP contribution in [0.15, 0.2) is 84.9 Å². The van der Waals surface area contributed by atoms with E-state index in [9.17, 15) is 9.50 Å². The molecule has 0 aliphatic rings. The summed E-state index contributed by atoms with van der Waals surface area (Å²) in [6, 6.07) is 27.5. The molecule has 29 heavy (non-hydrogen) atoms. The van der Waals surface area contributed by atoms with E-state index in [1.807, 2.05) is 50.2 Å². The van der Waals surface area contributed by atoms with Crippen molar-refractivity contribution in [1.29, 1.82) is 0 Å². The van der Waals surface area contributed by atoms with Gasteiger partial charge >= 0.3 is 0 Å². The highest BCUT2D eigenvalue weighted by molar-refractivity contribution is 5.22. The lowest BCUT2D eigenvalue weighted by atomic mass is 9.92. The van der Waals surface area contributed by atoms with Crippen LogP contribution in [0.1, 0.15) is 43.0 Å². The predicted molar refractivity (Wildman–Crippen MR) is 117 cm³/mol. The van der Waals surface area contributed by atoms with E-state index in [4.69, 9.17) is 0 Å². The molecule has 0 aliphatic heterocycles. The monoisotopic (exact) mass is 391 g/mol. The van der Waals surface area contributed by atoms with Gasteiger partial charge in [0.15, 0.2) is 0 Å². The molecule has 2 nitrogen and oxygen atoms in total. The van der Waals surface area contributed by atoms with Crippen LogP contribution < -0.4 is 0 Å². The van der Waals surface area contributed by atoms with E-state index < -0.39 is 5.60 Å². The Hall–Kier alpha value is -2.49. The third-order valence-corrected chi connectivity index (χ3v) is 5.15. The summed E-state index contributed by atoms with van der Waals surface area (Å²) < 4.78 is 13.5. The van der Waals surface area contributed by atoms with Crippen LogP contribution in [0, 0.1) is 5.82 Å². The van der Waals surface area contributed by atoms with Crippen LogP contribution in [0.25, 0.3) is 0 Å². The maximum absolute atomic E-state index is 13.5. The van der Waals surface area contributed by atoms with Crippen LogP contribution in [0.5, 0.6) is 0 Å². The SMILES string of the molecule is CC(C)(O)CC(c1ccc(F)cc1)N(CCc1ccccc1)Cc1ccccc1. The molecule has 0 bridgehead atoms. The normalized spacial score (nSPS) is 12.9. The van der Waals surface area contributed by atoms with Crippen molar-refractivity contribution in [3.8, 4) is 0 Å². The quantitative estimate of drug-likeness (QED) is 0.500. The Balaban J connectivity index is 1.90. The predicted octanol–water partition coefficient (Wildman–Crippen LogP) is 5.77. The van der Waals surface area contributed by atoms with Gasteiger partial charge in [-0.05, 0) is 55.5 Å². The number of benzene rings is 3. The van der Waals surface area contributed by atoms with Gasteiger partial charge in [0, 0.05) is 19.1 Å². The molecule has 152 valence electrons. The van der Waals surface area contributed by atoms with E-state index >= 15 is 0 Å². The first-order valence-electron chi connectivity index (χ1n) is 10.2. The molecule has 0 aliphatic carbocycles. The first-order chi connectivity index (χ1) is 13.9. The molecular weight excluding hydrogens is 361 g/mol. The van der Waals surface area contributed by atoms with Gasteiger partial charge in [-0.2, -0.15) is 0 Å². The maximum Gasteiger partial charge on any atom is 0.123 e. The molecule has 3 heteroatoms. The molecule has 0 fully saturated rings. The van der Waals surface area contributed by atoms with Crippen molar-refractivity contribution in [2.75, 3.05) is 6.54 Å². The van der Waals surface area contributed by atoms with E-state index in [-0.39, 0.29) is 11.9 Å². The summed E-state index contributed by atoms with van der Waals surface area (Å²) in [5, 5.41) is 10.6. The maximum atomic E-state index is 13.5. The highest BCUT2D eigenvalue weighted by Crippen LogP contribution is 2.31. The van der Waals surface area contributed by atoms with Crippen LogP contribution in [0.4, 0.5) is 4.39 Å². The van der Waals surface area contributed by atoms with E-state index in [0.29, 0.717) is 6.42 Å². The second-order valence-electron chi connectivity index (χ2n) is 8.28. The van der Waals surface area contributed by atoms with Gasteiger partial charge in [0.05, 0.1) is 5.60 Å². The fraction of sp³-hybridized carbons (Fsp3) is 0.308. The minimum Gasteiger partial charge on any atom is -0.390 e. The molecule has 0 amide bonds. The summed E-state index contributed by atoms with van der Waals surface area (Å²) in [5.41, 5.74) is 2.70. The molecule has 1 N–H and O–H groups in total. The fourth-order valence-electron chi connectivity index (χ4n) is 3.70. The first-order valence-corrected chi connectivity index (χ1v) is 10.2. The molecular formula is C26H30FNO. The zero-order valence-electron chi connectivity index (χ0n) is 17.3. The van der Waals surface area contributed by atoms with Gasteiger partial charge in [-0.3, -0.25) is 4.90 Å². The van der Waals surface area contributed by atoms with E-state index in [2.05, 4.69) is 41.3 Å². The van der Waals surface area contributed by atoms with Crippen molar-refractivity contribution in [3.05, 3.63) is 107 Å². The Labute approximate surface area is 173 Å². The summed E-state index contributed by atoms with van der Waals surface area (Å²) >= 11 is 0. The average molecular weight is 392 g/mol.